The van der Waals surface area contributed by atoms with Gasteiger partial charge in [-0.3, -0.25) is 4.99 Å². The molecule has 154 valence electrons. The number of likely N-dealkylation sites (N-methyl/N-ethyl adjacent to an activating group) is 1. The number of benzene rings is 1. The van der Waals surface area contributed by atoms with Crippen molar-refractivity contribution in [2.45, 2.75) is 20.0 Å². The van der Waals surface area contributed by atoms with E-state index in [2.05, 4.69) is 50.4 Å². The van der Waals surface area contributed by atoms with Gasteiger partial charge in [0, 0.05) is 67.1 Å². The van der Waals surface area contributed by atoms with E-state index in [4.69, 9.17) is 11.6 Å². The summed E-state index contributed by atoms with van der Waals surface area (Å²) in [7, 11) is 3.94. The van der Waals surface area contributed by atoms with Crippen LogP contribution in [0.1, 0.15) is 15.4 Å². The highest BCUT2D eigenvalue weighted by Gasteiger charge is 2.18. The van der Waals surface area contributed by atoms with Gasteiger partial charge in [-0.05, 0) is 26.1 Å². The summed E-state index contributed by atoms with van der Waals surface area (Å²) in [6, 6.07) is 6.13. The van der Waals surface area contributed by atoms with E-state index in [0.29, 0.717) is 13.1 Å². The standard InChI is InChI=1S/C19H27ClN6S.HI/c1-14-11-22-18(27-14)13-24-19(21-2)23-12-15-16(20)5-4-6-17(15)26-9-7-25(3)8-10-26;/h4-6,11H,7-10,12-13H2,1-3H3,(H2,21,23,24);1H. The summed E-state index contributed by atoms with van der Waals surface area (Å²) < 4.78 is 0. The molecule has 2 heterocycles. The molecule has 2 N–H and O–H groups in total. The Morgan fingerprint density at radius 1 is 1.21 bits per heavy atom. The second kappa shape index (κ2) is 11.2. The zero-order chi connectivity index (χ0) is 19.2. The van der Waals surface area contributed by atoms with Crippen molar-refractivity contribution in [1.29, 1.82) is 0 Å². The summed E-state index contributed by atoms with van der Waals surface area (Å²) in [5.74, 6) is 0.743. The lowest BCUT2D eigenvalue weighted by atomic mass is 10.1. The predicted octanol–water partition coefficient (Wildman–Crippen LogP) is 3.34. The largest absolute Gasteiger partial charge is 0.369 e. The van der Waals surface area contributed by atoms with Crippen molar-refractivity contribution in [2.75, 3.05) is 45.2 Å². The third-order valence-corrected chi connectivity index (χ3v) is 5.94. The number of aryl methyl sites for hydroxylation is 1. The minimum atomic E-state index is 0. The molecule has 0 unspecified atom stereocenters. The van der Waals surface area contributed by atoms with Gasteiger partial charge in [0.1, 0.15) is 5.01 Å². The lowest BCUT2D eigenvalue weighted by Crippen LogP contribution is -2.45. The van der Waals surface area contributed by atoms with Crippen molar-refractivity contribution in [3.05, 3.63) is 44.9 Å². The Bertz CT molecular complexity index is 788. The first-order valence-corrected chi connectivity index (χ1v) is 10.3. The van der Waals surface area contributed by atoms with Gasteiger partial charge >= 0.3 is 0 Å². The van der Waals surface area contributed by atoms with Gasteiger partial charge in [-0.15, -0.1) is 35.3 Å². The average Bonchev–Trinajstić information content (AvgIpc) is 3.08. The molecular formula is C19H28ClIN6S. The fourth-order valence-corrected chi connectivity index (χ4v) is 4.06. The number of nitrogens with zero attached hydrogens (tertiary/aromatic N) is 4. The van der Waals surface area contributed by atoms with Crippen LogP contribution >= 0.6 is 46.9 Å². The summed E-state index contributed by atoms with van der Waals surface area (Å²) >= 11 is 8.22. The number of aromatic nitrogens is 1. The lowest BCUT2D eigenvalue weighted by molar-refractivity contribution is 0.312. The van der Waals surface area contributed by atoms with Crippen molar-refractivity contribution < 1.29 is 0 Å². The van der Waals surface area contributed by atoms with Crippen LogP contribution in [0, 0.1) is 6.92 Å². The zero-order valence-electron chi connectivity index (χ0n) is 16.5. The summed E-state index contributed by atoms with van der Waals surface area (Å²) in [6.07, 6.45) is 1.89. The Hall–Kier alpha value is -1.10. The average molecular weight is 535 g/mol. The third-order valence-electron chi connectivity index (χ3n) is 4.67. The number of piperazine rings is 1. The number of rotatable bonds is 5. The second-order valence-electron chi connectivity index (χ2n) is 6.67. The van der Waals surface area contributed by atoms with Gasteiger partial charge in [0.05, 0.1) is 6.54 Å². The molecule has 1 aliphatic heterocycles. The second-order valence-corrected chi connectivity index (χ2v) is 8.40. The summed E-state index contributed by atoms with van der Waals surface area (Å²) in [5.41, 5.74) is 2.31. The van der Waals surface area contributed by atoms with Gasteiger partial charge in [0.25, 0.3) is 0 Å². The van der Waals surface area contributed by atoms with E-state index < -0.39 is 0 Å². The van der Waals surface area contributed by atoms with E-state index in [-0.39, 0.29) is 24.0 Å². The highest BCUT2D eigenvalue weighted by Crippen LogP contribution is 2.28. The maximum Gasteiger partial charge on any atom is 0.191 e. The molecule has 9 heteroatoms. The smallest absolute Gasteiger partial charge is 0.191 e. The number of thiazole rings is 1. The first kappa shape index (κ1) is 23.2. The molecule has 0 atom stereocenters. The molecule has 0 radical (unpaired) electrons. The minimum absolute atomic E-state index is 0. The lowest BCUT2D eigenvalue weighted by Gasteiger charge is -2.35. The Morgan fingerprint density at radius 3 is 2.57 bits per heavy atom. The molecule has 28 heavy (non-hydrogen) atoms. The van der Waals surface area contributed by atoms with Crippen LogP contribution in [0.5, 0.6) is 0 Å². The van der Waals surface area contributed by atoms with Crippen LogP contribution in [-0.2, 0) is 13.1 Å². The fourth-order valence-electron chi connectivity index (χ4n) is 3.10. The van der Waals surface area contributed by atoms with E-state index in [9.17, 15) is 0 Å². The number of hydrogen-bond acceptors (Lipinski definition) is 5. The third kappa shape index (κ3) is 6.20. The Labute approximate surface area is 193 Å². The number of hydrogen-bond donors (Lipinski definition) is 2. The summed E-state index contributed by atoms with van der Waals surface area (Å²) in [5, 5.41) is 8.53. The normalized spacial score (nSPS) is 15.3. The van der Waals surface area contributed by atoms with Crippen molar-refractivity contribution >= 4 is 58.6 Å². The molecule has 1 aliphatic rings. The fraction of sp³-hybridized carbons (Fsp3) is 0.474. The molecule has 1 fully saturated rings. The van der Waals surface area contributed by atoms with E-state index in [1.165, 1.54) is 10.6 Å². The van der Waals surface area contributed by atoms with Crippen LogP contribution in [0.2, 0.25) is 5.02 Å². The molecule has 0 saturated carbocycles. The quantitative estimate of drug-likeness (QED) is 0.350. The highest BCUT2D eigenvalue weighted by atomic mass is 127. The van der Waals surface area contributed by atoms with Gasteiger partial charge in [-0.25, -0.2) is 4.98 Å². The molecule has 1 aromatic heterocycles. The number of nitrogens with one attached hydrogen (secondary N) is 2. The van der Waals surface area contributed by atoms with E-state index >= 15 is 0 Å². The summed E-state index contributed by atoms with van der Waals surface area (Å²) in [6.45, 7) is 7.50. The van der Waals surface area contributed by atoms with Crippen LogP contribution in [-0.4, -0.2) is 56.1 Å². The van der Waals surface area contributed by atoms with Crippen LogP contribution in [0.4, 0.5) is 5.69 Å². The van der Waals surface area contributed by atoms with Crippen molar-refractivity contribution in [2.24, 2.45) is 4.99 Å². The van der Waals surface area contributed by atoms with Crippen LogP contribution in [0.15, 0.2) is 29.4 Å². The molecule has 2 aromatic rings. The Morgan fingerprint density at radius 2 is 1.93 bits per heavy atom. The van der Waals surface area contributed by atoms with Crippen LogP contribution < -0.4 is 15.5 Å². The minimum Gasteiger partial charge on any atom is -0.369 e. The maximum absolute atomic E-state index is 6.53. The summed E-state index contributed by atoms with van der Waals surface area (Å²) in [4.78, 5) is 14.7. The van der Waals surface area contributed by atoms with E-state index in [1.807, 2.05) is 18.3 Å². The molecule has 0 spiro atoms. The van der Waals surface area contributed by atoms with E-state index in [0.717, 1.165) is 47.7 Å². The van der Waals surface area contributed by atoms with Gasteiger partial charge in [-0.2, -0.15) is 0 Å². The van der Waals surface area contributed by atoms with Gasteiger partial charge < -0.3 is 20.4 Å². The molecule has 3 rings (SSSR count). The molecular weight excluding hydrogens is 507 g/mol. The van der Waals surface area contributed by atoms with E-state index in [1.54, 1.807) is 18.4 Å². The molecule has 0 amide bonds. The number of halogens is 2. The van der Waals surface area contributed by atoms with Crippen molar-refractivity contribution in [3.8, 4) is 0 Å². The monoisotopic (exact) mass is 534 g/mol. The van der Waals surface area contributed by atoms with Gasteiger partial charge in [0.2, 0.25) is 0 Å². The number of anilines is 1. The Balaban J connectivity index is 0.00000280. The number of aliphatic imine (C=N–C) groups is 1. The first-order valence-electron chi connectivity index (χ1n) is 9.13. The van der Waals surface area contributed by atoms with Crippen LogP contribution in [0.3, 0.4) is 0 Å². The highest BCUT2D eigenvalue weighted by molar-refractivity contribution is 14.0. The SMILES string of the molecule is CN=C(NCc1ncc(C)s1)NCc1c(Cl)cccc1N1CCN(C)CC1.I. The van der Waals surface area contributed by atoms with Gasteiger partial charge in [-0.1, -0.05) is 17.7 Å². The Kier molecular flexibility index (Phi) is 9.26. The zero-order valence-corrected chi connectivity index (χ0v) is 20.4. The van der Waals surface area contributed by atoms with Gasteiger partial charge in [0.15, 0.2) is 5.96 Å². The molecule has 0 bridgehead atoms. The topological polar surface area (TPSA) is 55.8 Å². The molecule has 0 aliphatic carbocycles. The molecule has 1 saturated heterocycles. The number of guanidine groups is 1. The molecule has 6 nitrogen and oxygen atoms in total. The first-order chi connectivity index (χ1) is 13.1. The van der Waals surface area contributed by atoms with Crippen LogP contribution in [0.25, 0.3) is 0 Å². The molecule has 1 aromatic carbocycles. The van der Waals surface area contributed by atoms with Crippen molar-refractivity contribution in [3.63, 3.8) is 0 Å². The maximum atomic E-state index is 6.53. The predicted molar refractivity (Wildman–Crippen MR) is 130 cm³/mol. The van der Waals surface area contributed by atoms with Crippen molar-refractivity contribution in [1.82, 2.24) is 20.5 Å².